The second kappa shape index (κ2) is 5.05. The molecule has 0 radical (unpaired) electrons. The summed E-state index contributed by atoms with van der Waals surface area (Å²) >= 11 is 3.40. The van der Waals surface area contributed by atoms with Gasteiger partial charge >= 0.3 is 5.97 Å². The number of nitrogens with zero attached hydrogens (tertiary/aromatic N) is 1. The van der Waals surface area contributed by atoms with Gasteiger partial charge in [-0.3, -0.25) is 0 Å². The van der Waals surface area contributed by atoms with Crippen LogP contribution in [0.1, 0.15) is 21.8 Å². The number of aromatic carboxylic acids is 1. The van der Waals surface area contributed by atoms with E-state index in [4.69, 9.17) is 5.11 Å². The molecule has 16 heavy (non-hydrogen) atoms. The van der Waals surface area contributed by atoms with E-state index in [1.54, 1.807) is 6.92 Å². The largest absolute Gasteiger partial charge is 0.476 e. The van der Waals surface area contributed by atoms with Gasteiger partial charge in [-0.25, -0.2) is 9.78 Å². The molecule has 2 N–H and O–H groups in total. The number of aryl methyl sites for hydroxylation is 1. The van der Waals surface area contributed by atoms with E-state index in [-0.39, 0.29) is 5.69 Å². The van der Waals surface area contributed by atoms with Crippen molar-refractivity contribution in [3.8, 4) is 0 Å². The predicted octanol–water partition coefficient (Wildman–Crippen LogP) is 2.31. The Morgan fingerprint density at radius 3 is 3.06 bits per heavy atom. The molecule has 1 aromatic rings. The van der Waals surface area contributed by atoms with Crippen molar-refractivity contribution in [3.63, 3.8) is 0 Å². The van der Waals surface area contributed by atoms with Gasteiger partial charge in [0.25, 0.3) is 0 Å². The minimum Gasteiger partial charge on any atom is -0.476 e. The molecular weight excluding hydrogens is 244 g/mol. The number of aromatic nitrogens is 1. The molecule has 1 aliphatic heterocycles. The first-order valence-corrected chi connectivity index (χ1v) is 7.16. The zero-order chi connectivity index (χ0) is 11.5. The predicted molar refractivity (Wildman–Crippen MR) is 67.7 cm³/mol. The second-order valence-electron chi connectivity index (χ2n) is 3.84. The van der Waals surface area contributed by atoms with Crippen LogP contribution in [0.4, 0.5) is 5.13 Å². The molecule has 0 spiro atoms. The highest BCUT2D eigenvalue weighted by Gasteiger charge is 2.17. The van der Waals surface area contributed by atoms with Gasteiger partial charge in [0.1, 0.15) is 0 Å². The Morgan fingerprint density at radius 1 is 1.69 bits per heavy atom. The van der Waals surface area contributed by atoms with Crippen molar-refractivity contribution in [1.82, 2.24) is 4.98 Å². The first kappa shape index (κ1) is 11.7. The van der Waals surface area contributed by atoms with E-state index in [1.807, 2.05) is 11.8 Å². The van der Waals surface area contributed by atoms with Crippen LogP contribution in [0.25, 0.3) is 0 Å². The summed E-state index contributed by atoms with van der Waals surface area (Å²) in [5.74, 6) is 2.19. The van der Waals surface area contributed by atoms with Gasteiger partial charge in [0.05, 0.1) is 0 Å². The van der Waals surface area contributed by atoms with Crippen LogP contribution in [0.2, 0.25) is 0 Å². The van der Waals surface area contributed by atoms with Crippen LogP contribution < -0.4 is 5.32 Å². The van der Waals surface area contributed by atoms with Crippen LogP contribution in [0.5, 0.6) is 0 Å². The fraction of sp³-hybridized carbons (Fsp3) is 0.600. The number of thioether (sulfide) groups is 1. The Balaban J connectivity index is 1.94. The quantitative estimate of drug-likeness (QED) is 0.867. The topological polar surface area (TPSA) is 62.2 Å². The molecule has 1 atom stereocenters. The molecule has 0 saturated carbocycles. The van der Waals surface area contributed by atoms with Crippen LogP contribution >= 0.6 is 23.1 Å². The number of hydrogen-bond acceptors (Lipinski definition) is 5. The molecule has 2 rings (SSSR count). The van der Waals surface area contributed by atoms with E-state index in [0.717, 1.165) is 16.6 Å². The lowest BCUT2D eigenvalue weighted by molar-refractivity contribution is 0.0690. The molecule has 1 unspecified atom stereocenters. The Hall–Kier alpha value is -0.750. The maximum absolute atomic E-state index is 10.8. The smallest absolute Gasteiger partial charge is 0.355 e. The molecule has 1 aromatic heterocycles. The Kier molecular flexibility index (Phi) is 3.70. The van der Waals surface area contributed by atoms with Gasteiger partial charge in [-0.05, 0) is 30.8 Å². The zero-order valence-corrected chi connectivity index (χ0v) is 10.7. The van der Waals surface area contributed by atoms with Crippen LogP contribution in [0, 0.1) is 12.8 Å². The molecular formula is C10H14N2O2S2. The van der Waals surface area contributed by atoms with Crippen molar-refractivity contribution in [3.05, 3.63) is 10.6 Å². The van der Waals surface area contributed by atoms with Gasteiger partial charge < -0.3 is 10.4 Å². The van der Waals surface area contributed by atoms with Crippen molar-refractivity contribution in [1.29, 1.82) is 0 Å². The zero-order valence-electron chi connectivity index (χ0n) is 9.02. The third kappa shape index (κ3) is 2.68. The van der Waals surface area contributed by atoms with Crippen LogP contribution in [-0.4, -0.2) is 34.1 Å². The standard InChI is InChI=1S/C10H14N2O2S2/c1-6-8(9(13)14)12-10(16-6)11-4-7-2-3-15-5-7/h7H,2-5H2,1H3,(H,11,12)(H,13,14). The first-order chi connectivity index (χ1) is 7.66. The minimum atomic E-state index is -0.946. The number of thiazole rings is 1. The molecule has 1 aliphatic rings. The average Bonchev–Trinajstić information content (AvgIpc) is 2.83. The second-order valence-corrected chi connectivity index (χ2v) is 6.19. The van der Waals surface area contributed by atoms with E-state index in [0.29, 0.717) is 5.92 Å². The molecule has 1 fully saturated rings. The van der Waals surface area contributed by atoms with Crippen molar-refractivity contribution in [2.75, 3.05) is 23.4 Å². The average molecular weight is 258 g/mol. The fourth-order valence-corrected chi connectivity index (χ4v) is 3.74. The number of carboxylic acid groups (broad SMARTS) is 1. The Labute approximate surface area is 102 Å². The summed E-state index contributed by atoms with van der Waals surface area (Å²) < 4.78 is 0. The van der Waals surface area contributed by atoms with Crippen LogP contribution in [-0.2, 0) is 0 Å². The third-order valence-corrected chi connectivity index (χ3v) is 4.73. The molecule has 0 aliphatic carbocycles. The highest BCUT2D eigenvalue weighted by Crippen LogP contribution is 2.26. The van der Waals surface area contributed by atoms with Crippen molar-refractivity contribution >= 4 is 34.2 Å². The number of carboxylic acids is 1. The van der Waals surface area contributed by atoms with E-state index >= 15 is 0 Å². The van der Waals surface area contributed by atoms with E-state index in [9.17, 15) is 4.79 Å². The molecule has 0 bridgehead atoms. The summed E-state index contributed by atoms with van der Waals surface area (Å²) in [7, 11) is 0. The Bertz CT molecular complexity index is 386. The fourth-order valence-electron chi connectivity index (χ4n) is 1.65. The van der Waals surface area contributed by atoms with Gasteiger partial charge in [0.2, 0.25) is 0 Å². The molecule has 4 nitrogen and oxygen atoms in total. The number of nitrogens with one attached hydrogen (secondary N) is 1. The normalized spacial score (nSPS) is 19.9. The van der Waals surface area contributed by atoms with Crippen LogP contribution in [0.15, 0.2) is 0 Å². The number of rotatable bonds is 4. The van der Waals surface area contributed by atoms with Gasteiger partial charge in [-0.15, -0.1) is 11.3 Å². The lowest BCUT2D eigenvalue weighted by atomic mass is 10.1. The molecule has 2 heterocycles. The summed E-state index contributed by atoms with van der Waals surface area (Å²) in [6.45, 7) is 2.69. The highest BCUT2D eigenvalue weighted by molar-refractivity contribution is 7.99. The SMILES string of the molecule is Cc1sc(NCC2CCSC2)nc1C(=O)O. The summed E-state index contributed by atoms with van der Waals surface area (Å²) in [6.07, 6.45) is 1.24. The van der Waals surface area contributed by atoms with E-state index in [2.05, 4.69) is 10.3 Å². The monoisotopic (exact) mass is 258 g/mol. The van der Waals surface area contributed by atoms with Gasteiger partial charge in [0, 0.05) is 11.4 Å². The minimum absolute atomic E-state index is 0.174. The lowest BCUT2D eigenvalue weighted by Gasteiger charge is -2.07. The van der Waals surface area contributed by atoms with E-state index < -0.39 is 5.97 Å². The summed E-state index contributed by atoms with van der Waals surface area (Å²) in [6, 6.07) is 0. The molecule has 0 aromatic carbocycles. The van der Waals surface area contributed by atoms with Gasteiger partial charge in [0.15, 0.2) is 10.8 Å². The molecule has 0 amide bonds. The van der Waals surface area contributed by atoms with Gasteiger partial charge in [-0.2, -0.15) is 11.8 Å². The summed E-state index contributed by atoms with van der Waals surface area (Å²) in [5, 5.41) is 12.8. The molecule has 6 heteroatoms. The first-order valence-electron chi connectivity index (χ1n) is 5.19. The number of carbonyl (C=O) groups is 1. The highest BCUT2D eigenvalue weighted by atomic mass is 32.2. The van der Waals surface area contributed by atoms with Gasteiger partial charge in [-0.1, -0.05) is 0 Å². The van der Waals surface area contributed by atoms with Crippen LogP contribution in [0.3, 0.4) is 0 Å². The summed E-state index contributed by atoms with van der Waals surface area (Å²) in [5.41, 5.74) is 0.174. The molecule has 1 saturated heterocycles. The summed E-state index contributed by atoms with van der Waals surface area (Å²) in [4.78, 5) is 15.6. The van der Waals surface area contributed by atoms with Crippen molar-refractivity contribution in [2.45, 2.75) is 13.3 Å². The van der Waals surface area contributed by atoms with E-state index in [1.165, 1.54) is 29.3 Å². The number of hydrogen-bond donors (Lipinski definition) is 2. The maximum Gasteiger partial charge on any atom is 0.355 e. The van der Waals surface area contributed by atoms with Crippen molar-refractivity contribution < 1.29 is 9.90 Å². The molecule has 88 valence electrons. The Morgan fingerprint density at radius 2 is 2.50 bits per heavy atom. The lowest BCUT2D eigenvalue weighted by Crippen LogP contribution is -2.13. The van der Waals surface area contributed by atoms with Crippen molar-refractivity contribution in [2.24, 2.45) is 5.92 Å². The number of anilines is 1. The third-order valence-electron chi connectivity index (χ3n) is 2.57. The maximum atomic E-state index is 10.8.